The fraction of sp³-hybridized carbons (Fsp3) is 0.533. The molecule has 0 spiro atoms. The van der Waals surface area contributed by atoms with Crippen LogP contribution < -0.4 is 5.73 Å². The van der Waals surface area contributed by atoms with Gasteiger partial charge in [0.1, 0.15) is 5.82 Å². The zero-order valence-corrected chi connectivity index (χ0v) is 11.9. The van der Waals surface area contributed by atoms with Crippen molar-refractivity contribution in [3.05, 3.63) is 35.6 Å². The normalized spacial score (nSPS) is 13.9. The number of carbonyl (C=O) groups excluding carboxylic acids is 1. The van der Waals surface area contributed by atoms with Crippen LogP contribution in [0.4, 0.5) is 4.39 Å². The fourth-order valence-corrected chi connectivity index (χ4v) is 2.11. The van der Waals surface area contributed by atoms with Gasteiger partial charge in [0, 0.05) is 18.5 Å². The molecular formula is C15H23FN2O. The van der Waals surface area contributed by atoms with Crippen LogP contribution in [0.15, 0.2) is 24.3 Å². The standard InChI is InChI=1S/C15H23FN2O/c1-11(7-6-10-17)15(19)18(3)12(2)13-8-4-5-9-14(13)16/h4-5,8-9,11-12H,6-7,10,17H2,1-3H3. The molecule has 1 aromatic carbocycles. The summed E-state index contributed by atoms with van der Waals surface area (Å²) in [7, 11) is 1.72. The molecule has 2 atom stereocenters. The van der Waals surface area contributed by atoms with Crippen LogP contribution in [0, 0.1) is 11.7 Å². The molecule has 0 saturated carbocycles. The van der Waals surface area contributed by atoms with Gasteiger partial charge in [-0.05, 0) is 32.4 Å². The van der Waals surface area contributed by atoms with Gasteiger partial charge in [0.2, 0.25) is 5.91 Å². The number of rotatable bonds is 6. The van der Waals surface area contributed by atoms with Crippen molar-refractivity contribution in [1.82, 2.24) is 4.90 Å². The Labute approximate surface area is 114 Å². The van der Waals surface area contributed by atoms with Crippen molar-refractivity contribution in [2.24, 2.45) is 11.7 Å². The van der Waals surface area contributed by atoms with Crippen LogP contribution in [0.2, 0.25) is 0 Å². The lowest BCUT2D eigenvalue weighted by Crippen LogP contribution is -2.34. The second-order valence-corrected chi connectivity index (χ2v) is 4.98. The molecule has 0 aliphatic rings. The Kier molecular flexibility index (Phi) is 5.96. The van der Waals surface area contributed by atoms with E-state index < -0.39 is 0 Å². The summed E-state index contributed by atoms with van der Waals surface area (Å²) in [6.07, 6.45) is 1.60. The second kappa shape index (κ2) is 7.24. The number of benzene rings is 1. The fourth-order valence-electron chi connectivity index (χ4n) is 2.11. The molecule has 19 heavy (non-hydrogen) atoms. The molecule has 0 fully saturated rings. The van der Waals surface area contributed by atoms with Gasteiger partial charge < -0.3 is 10.6 Å². The number of halogens is 1. The molecule has 1 rings (SSSR count). The van der Waals surface area contributed by atoms with E-state index in [-0.39, 0.29) is 23.7 Å². The van der Waals surface area contributed by atoms with Crippen LogP contribution >= 0.6 is 0 Å². The molecule has 1 aromatic rings. The first-order valence-corrected chi connectivity index (χ1v) is 6.70. The van der Waals surface area contributed by atoms with E-state index in [1.165, 1.54) is 6.07 Å². The molecule has 4 heteroatoms. The van der Waals surface area contributed by atoms with Crippen molar-refractivity contribution in [3.8, 4) is 0 Å². The van der Waals surface area contributed by atoms with Gasteiger partial charge in [0.25, 0.3) is 0 Å². The molecule has 0 bridgehead atoms. The van der Waals surface area contributed by atoms with Gasteiger partial charge >= 0.3 is 0 Å². The van der Waals surface area contributed by atoms with Gasteiger partial charge in [-0.15, -0.1) is 0 Å². The molecule has 3 nitrogen and oxygen atoms in total. The predicted molar refractivity (Wildman–Crippen MR) is 75.0 cm³/mol. The van der Waals surface area contributed by atoms with Crippen molar-refractivity contribution in [3.63, 3.8) is 0 Å². The summed E-state index contributed by atoms with van der Waals surface area (Å²) in [6, 6.07) is 6.30. The van der Waals surface area contributed by atoms with Gasteiger partial charge in [-0.3, -0.25) is 4.79 Å². The van der Waals surface area contributed by atoms with E-state index in [2.05, 4.69) is 0 Å². The SMILES string of the molecule is CC(CCCN)C(=O)N(C)C(C)c1ccccc1F. The van der Waals surface area contributed by atoms with E-state index in [1.54, 1.807) is 30.1 Å². The molecule has 2 N–H and O–H groups in total. The van der Waals surface area contributed by atoms with Crippen LogP contribution in [0.3, 0.4) is 0 Å². The van der Waals surface area contributed by atoms with Crippen molar-refractivity contribution < 1.29 is 9.18 Å². The summed E-state index contributed by atoms with van der Waals surface area (Å²) >= 11 is 0. The summed E-state index contributed by atoms with van der Waals surface area (Å²) in [5.41, 5.74) is 6.00. The van der Waals surface area contributed by atoms with Crippen LogP contribution in [-0.4, -0.2) is 24.4 Å². The lowest BCUT2D eigenvalue weighted by molar-refractivity contribution is -0.135. The molecular weight excluding hydrogens is 243 g/mol. The molecule has 1 amide bonds. The van der Waals surface area contributed by atoms with Crippen molar-refractivity contribution in [1.29, 1.82) is 0 Å². The average Bonchev–Trinajstić information content (AvgIpc) is 2.42. The molecule has 0 radical (unpaired) electrons. The van der Waals surface area contributed by atoms with Crippen molar-refractivity contribution in [2.45, 2.75) is 32.7 Å². The summed E-state index contributed by atoms with van der Waals surface area (Å²) in [5, 5.41) is 0. The summed E-state index contributed by atoms with van der Waals surface area (Å²) in [6.45, 7) is 4.32. The molecule has 2 unspecified atom stereocenters. The van der Waals surface area contributed by atoms with Crippen LogP contribution in [0.5, 0.6) is 0 Å². The third-order valence-electron chi connectivity index (χ3n) is 3.55. The Balaban J connectivity index is 2.74. The molecule has 0 aliphatic carbocycles. The number of carbonyl (C=O) groups is 1. The van der Waals surface area contributed by atoms with E-state index in [4.69, 9.17) is 5.73 Å². The Morgan fingerprint density at radius 2 is 2.00 bits per heavy atom. The Morgan fingerprint density at radius 1 is 1.37 bits per heavy atom. The van der Waals surface area contributed by atoms with Crippen molar-refractivity contribution in [2.75, 3.05) is 13.6 Å². The van der Waals surface area contributed by atoms with Gasteiger partial charge in [-0.2, -0.15) is 0 Å². The van der Waals surface area contributed by atoms with Crippen LogP contribution in [-0.2, 0) is 4.79 Å². The highest BCUT2D eigenvalue weighted by atomic mass is 19.1. The average molecular weight is 266 g/mol. The highest BCUT2D eigenvalue weighted by Gasteiger charge is 2.23. The van der Waals surface area contributed by atoms with E-state index in [9.17, 15) is 9.18 Å². The molecule has 0 aromatic heterocycles. The van der Waals surface area contributed by atoms with E-state index >= 15 is 0 Å². The number of hydrogen-bond acceptors (Lipinski definition) is 2. The summed E-state index contributed by atoms with van der Waals surface area (Å²) in [5.74, 6) is -0.323. The molecule has 0 heterocycles. The third kappa shape index (κ3) is 4.03. The first kappa shape index (κ1) is 15.6. The zero-order valence-electron chi connectivity index (χ0n) is 11.9. The minimum atomic E-state index is -0.274. The number of hydrogen-bond donors (Lipinski definition) is 1. The molecule has 0 saturated heterocycles. The first-order valence-electron chi connectivity index (χ1n) is 6.70. The number of nitrogens with two attached hydrogens (primary N) is 1. The zero-order chi connectivity index (χ0) is 14.4. The number of amides is 1. The first-order chi connectivity index (χ1) is 8.99. The van der Waals surface area contributed by atoms with Gasteiger partial charge in [0.15, 0.2) is 0 Å². The lowest BCUT2D eigenvalue weighted by Gasteiger charge is -2.28. The third-order valence-corrected chi connectivity index (χ3v) is 3.55. The predicted octanol–water partition coefficient (Wildman–Crippen LogP) is 2.72. The van der Waals surface area contributed by atoms with Gasteiger partial charge in [0.05, 0.1) is 6.04 Å². The summed E-state index contributed by atoms with van der Waals surface area (Å²) < 4.78 is 13.7. The maximum atomic E-state index is 13.7. The van der Waals surface area contributed by atoms with Crippen LogP contribution in [0.1, 0.15) is 38.3 Å². The van der Waals surface area contributed by atoms with E-state index in [0.29, 0.717) is 12.1 Å². The smallest absolute Gasteiger partial charge is 0.225 e. The number of nitrogens with zero attached hydrogens (tertiary/aromatic N) is 1. The van der Waals surface area contributed by atoms with E-state index in [1.807, 2.05) is 13.8 Å². The highest BCUT2D eigenvalue weighted by molar-refractivity contribution is 5.78. The van der Waals surface area contributed by atoms with Gasteiger partial charge in [-0.25, -0.2) is 4.39 Å². The van der Waals surface area contributed by atoms with Gasteiger partial charge in [-0.1, -0.05) is 25.1 Å². The summed E-state index contributed by atoms with van der Waals surface area (Å²) in [4.78, 5) is 13.8. The largest absolute Gasteiger partial charge is 0.339 e. The quantitative estimate of drug-likeness (QED) is 0.860. The molecule has 0 aliphatic heterocycles. The maximum absolute atomic E-state index is 13.7. The monoisotopic (exact) mass is 266 g/mol. The Hall–Kier alpha value is -1.42. The highest BCUT2D eigenvalue weighted by Crippen LogP contribution is 2.23. The van der Waals surface area contributed by atoms with Crippen molar-refractivity contribution >= 4 is 5.91 Å². The molecule has 106 valence electrons. The minimum Gasteiger partial charge on any atom is -0.339 e. The Bertz CT molecular complexity index is 422. The van der Waals surface area contributed by atoms with E-state index in [0.717, 1.165) is 12.8 Å². The minimum absolute atomic E-state index is 0.0317. The van der Waals surface area contributed by atoms with Crippen LogP contribution in [0.25, 0.3) is 0 Å². The maximum Gasteiger partial charge on any atom is 0.225 e. The second-order valence-electron chi connectivity index (χ2n) is 4.98. The lowest BCUT2D eigenvalue weighted by atomic mass is 10.0. The topological polar surface area (TPSA) is 46.3 Å². The Morgan fingerprint density at radius 3 is 2.58 bits per heavy atom.